The van der Waals surface area contributed by atoms with Crippen molar-refractivity contribution in [1.29, 1.82) is 0 Å². The number of rotatable bonds is 5. The first-order valence-corrected chi connectivity index (χ1v) is 8.33. The van der Waals surface area contributed by atoms with Gasteiger partial charge in [0, 0.05) is 25.7 Å². The fourth-order valence-corrected chi connectivity index (χ4v) is 2.84. The van der Waals surface area contributed by atoms with Crippen molar-refractivity contribution in [1.82, 2.24) is 24.9 Å². The van der Waals surface area contributed by atoms with E-state index in [0.717, 1.165) is 25.1 Å². The second-order valence-corrected chi connectivity index (χ2v) is 5.97. The summed E-state index contributed by atoms with van der Waals surface area (Å²) in [5, 5.41) is 12.3. The molecule has 2 aromatic rings. The van der Waals surface area contributed by atoms with Crippen LogP contribution in [-0.4, -0.2) is 50.5 Å². The van der Waals surface area contributed by atoms with E-state index in [2.05, 4.69) is 22.2 Å². The Hall–Kier alpha value is -2.22. The third-order valence-electron chi connectivity index (χ3n) is 4.27. The predicted molar refractivity (Wildman–Crippen MR) is 85.5 cm³/mol. The SMILES string of the molecule is CCCCn1ncc(C(=O)N2CCOCC2c2nnc(C)o2)c1C. The Balaban J connectivity index is 1.83. The Morgan fingerprint density at radius 1 is 1.38 bits per heavy atom. The molecular formula is C16H23N5O3. The maximum Gasteiger partial charge on any atom is 0.258 e. The normalized spacial score (nSPS) is 18.1. The number of carbonyl (C=O) groups excluding carboxylic acids is 1. The van der Waals surface area contributed by atoms with E-state index in [-0.39, 0.29) is 11.9 Å². The van der Waals surface area contributed by atoms with Crippen molar-refractivity contribution >= 4 is 5.91 Å². The molecule has 3 rings (SSSR count). The van der Waals surface area contributed by atoms with Crippen molar-refractivity contribution in [3.8, 4) is 0 Å². The van der Waals surface area contributed by atoms with E-state index in [4.69, 9.17) is 9.15 Å². The van der Waals surface area contributed by atoms with Crippen molar-refractivity contribution < 1.29 is 13.9 Å². The molecule has 1 aliphatic rings. The molecule has 2 aromatic heterocycles. The molecule has 1 atom stereocenters. The molecule has 130 valence electrons. The van der Waals surface area contributed by atoms with E-state index < -0.39 is 0 Å². The fraction of sp³-hybridized carbons (Fsp3) is 0.625. The molecule has 1 unspecified atom stereocenters. The number of morpholine rings is 1. The highest BCUT2D eigenvalue weighted by molar-refractivity contribution is 5.95. The van der Waals surface area contributed by atoms with Gasteiger partial charge in [0.25, 0.3) is 5.91 Å². The van der Waals surface area contributed by atoms with Crippen LogP contribution in [-0.2, 0) is 11.3 Å². The standard InChI is InChI=1S/C16H23N5O3/c1-4-5-6-21-11(2)13(9-17-21)16(22)20-7-8-23-10-14(20)15-19-18-12(3)24-15/h9,14H,4-8,10H2,1-3H3. The lowest BCUT2D eigenvalue weighted by molar-refractivity contribution is -0.0107. The van der Waals surface area contributed by atoms with Gasteiger partial charge in [-0.15, -0.1) is 10.2 Å². The topological polar surface area (TPSA) is 86.3 Å². The molecule has 0 aliphatic carbocycles. The predicted octanol–water partition coefficient (Wildman–Crippen LogP) is 1.90. The highest BCUT2D eigenvalue weighted by Gasteiger charge is 2.34. The van der Waals surface area contributed by atoms with E-state index in [1.165, 1.54) is 0 Å². The van der Waals surface area contributed by atoms with Gasteiger partial charge in [0.1, 0.15) is 6.04 Å². The summed E-state index contributed by atoms with van der Waals surface area (Å²) in [5.41, 5.74) is 1.51. The minimum Gasteiger partial charge on any atom is -0.423 e. The van der Waals surface area contributed by atoms with Crippen LogP contribution >= 0.6 is 0 Å². The molecule has 0 saturated carbocycles. The lowest BCUT2D eigenvalue weighted by atomic mass is 10.1. The van der Waals surface area contributed by atoms with Gasteiger partial charge in [-0.3, -0.25) is 9.48 Å². The Morgan fingerprint density at radius 2 is 2.21 bits per heavy atom. The quantitative estimate of drug-likeness (QED) is 0.830. The van der Waals surface area contributed by atoms with Crippen molar-refractivity contribution in [3.63, 3.8) is 0 Å². The van der Waals surface area contributed by atoms with Crippen LogP contribution < -0.4 is 0 Å². The Morgan fingerprint density at radius 3 is 2.92 bits per heavy atom. The molecule has 1 saturated heterocycles. The van der Waals surface area contributed by atoms with Crippen LogP contribution in [0.15, 0.2) is 10.6 Å². The zero-order valence-corrected chi connectivity index (χ0v) is 14.4. The van der Waals surface area contributed by atoms with Gasteiger partial charge in [-0.25, -0.2) is 0 Å². The van der Waals surface area contributed by atoms with Crippen LogP contribution in [0.5, 0.6) is 0 Å². The van der Waals surface area contributed by atoms with Crippen LogP contribution in [0.4, 0.5) is 0 Å². The molecular weight excluding hydrogens is 310 g/mol. The zero-order valence-electron chi connectivity index (χ0n) is 14.4. The van der Waals surface area contributed by atoms with Gasteiger partial charge < -0.3 is 14.1 Å². The van der Waals surface area contributed by atoms with E-state index in [1.54, 1.807) is 18.0 Å². The average molecular weight is 333 g/mol. The lowest BCUT2D eigenvalue weighted by Gasteiger charge is -2.33. The fourth-order valence-electron chi connectivity index (χ4n) is 2.84. The van der Waals surface area contributed by atoms with Gasteiger partial charge in [-0.1, -0.05) is 13.3 Å². The summed E-state index contributed by atoms with van der Waals surface area (Å²) in [6.07, 6.45) is 3.78. The first-order valence-electron chi connectivity index (χ1n) is 8.33. The average Bonchev–Trinajstić information content (AvgIpc) is 3.18. The second kappa shape index (κ2) is 7.12. The van der Waals surface area contributed by atoms with Gasteiger partial charge in [0.05, 0.1) is 25.0 Å². The van der Waals surface area contributed by atoms with Crippen LogP contribution in [0, 0.1) is 13.8 Å². The number of amides is 1. The van der Waals surface area contributed by atoms with E-state index >= 15 is 0 Å². The Labute approximate surface area is 140 Å². The first-order chi connectivity index (χ1) is 11.6. The number of hydrogen-bond acceptors (Lipinski definition) is 6. The lowest BCUT2D eigenvalue weighted by Crippen LogP contribution is -2.43. The molecule has 1 fully saturated rings. The summed E-state index contributed by atoms with van der Waals surface area (Å²) in [4.78, 5) is 14.8. The van der Waals surface area contributed by atoms with Crippen molar-refractivity contribution in [3.05, 3.63) is 29.2 Å². The smallest absolute Gasteiger partial charge is 0.258 e. The number of nitrogens with zero attached hydrogens (tertiary/aromatic N) is 5. The molecule has 0 radical (unpaired) electrons. The van der Waals surface area contributed by atoms with Gasteiger partial charge in [0.15, 0.2) is 0 Å². The number of aromatic nitrogens is 4. The third-order valence-corrected chi connectivity index (χ3v) is 4.27. The van der Waals surface area contributed by atoms with Crippen molar-refractivity contribution in [2.24, 2.45) is 0 Å². The van der Waals surface area contributed by atoms with Crippen LogP contribution in [0.25, 0.3) is 0 Å². The Bertz CT molecular complexity index is 708. The molecule has 24 heavy (non-hydrogen) atoms. The number of hydrogen-bond donors (Lipinski definition) is 0. The summed E-state index contributed by atoms with van der Waals surface area (Å²) in [6.45, 7) is 7.97. The highest BCUT2D eigenvalue weighted by atomic mass is 16.5. The van der Waals surface area contributed by atoms with Crippen LogP contribution in [0.3, 0.4) is 0 Å². The molecule has 0 N–H and O–H groups in total. The monoisotopic (exact) mass is 333 g/mol. The second-order valence-electron chi connectivity index (χ2n) is 5.97. The Kier molecular flexibility index (Phi) is 4.94. The van der Waals surface area contributed by atoms with E-state index in [1.807, 2.05) is 11.6 Å². The molecule has 1 amide bonds. The van der Waals surface area contributed by atoms with Gasteiger partial charge in [0.2, 0.25) is 11.8 Å². The molecule has 0 bridgehead atoms. The molecule has 8 heteroatoms. The molecule has 0 aromatic carbocycles. The number of carbonyl (C=O) groups is 1. The highest BCUT2D eigenvalue weighted by Crippen LogP contribution is 2.26. The maximum absolute atomic E-state index is 13.0. The number of ether oxygens (including phenoxy) is 1. The molecule has 1 aliphatic heterocycles. The van der Waals surface area contributed by atoms with Crippen LogP contribution in [0.2, 0.25) is 0 Å². The summed E-state index contributed by atoms with van der Waals surface area (Å²) in [6, 6.07) is -0.356. The van der Waals surface area contributed by atoms with Crippen molar-refractivity contribution in [2.75, 3.05) is 19.8 Å². The molecule has 8 nitrogen and oxygen atoms in total. The van der Waals surface area contributed by atoms with Crippen LogP contribution in [0.1, 0.15) is 53.6 Å². The summed E-state index contributed by atoms with van der Waals surface area (Å²) in [5.74, 6) is 0.822. The zero-order chi connectivity index (χ0) is 17.1. The summed E-state index contributed by atoms with van der Waals surface area (Å²) < 4.78 is 12.9. The maximum atomic E-state index is 13.0. The van der Waals surface area contributed by atoms with Gasteiger partial charge in [-0.2, -0.15) is 5.10 Å². The summed E-state index contributed by atoms with van der Waals surface area (Å²) >= 11 is 0. The number of unbranched alkanes of at least 4 members (excludes halogenated alkanes) is 1. The first kappa shape index (κ1) is 16.6. The van der Waals surface area contributed by atoms with Gasteiger partial charge in [-0.05, 0) is 13.3 Å². The van der Waals surface area contributed by atoms with Gasteiger partial charge >= 0.3 is 0 Å². The molecule has 0 spiro atoms. The van der Waals surface area contributed by atoms with E-state index in [9.17, 15) is 4.79 Å². The van der Waals surface area contributed by atoms with E-state index in [0.29, 0.717) is 37.1 Å². The van der Waals surface area contributed by atoms with Crippen molar-refractivity contribution in [2.45, 2.75) is 46.2 Å². The summed E-state index contributed by atoms with van der Waals surface area (Å²) in [7, 11) is 0. The molecule has 3 heterocycles. The minimum absolute atomic E-state index is 0.0700. The number of aryl methyl sites for hydroxylation is 2. The minimum atomic E-state index is -0.356. The largest absolute Gasteiger partial charge is 0.423 e. The third kappa shape index (κ3) is 3.19.